The number of rotatable bonds is 3. The predicted molar refractivity (Wildman–Crippen MR) is 77.7 cm³/mol. The van der Waals surface area contributed by atoms with Crippen molar-refractivity contribution >= 4 is 15.9 Å². The van der Waals surface area contributed by atoms with Crippen LogP contribution in [-0.4, -0.2) is 31.1 Å². The molecule has 1 aromatic rings. The number of halogens is 1. The third-order valence-corrected chi connectivity index (χ3v) is 4.23. The molecule has 18 heavy (non-hydrogen) atoms. The summed E-state index contributed by atoms with van der Waals surface area (Å²) >= 11 is 3.51. The number of ether oxygens (including phenoxy) is 1. The number of piperidine rings is 1. The number of hydrogen-bond donors (Lipinski definition) is 1. The first-order valence-electron chi connectivity index (χ1n) is 6.40. The molecule has 0 amide bonds. The summed E-state index contributed by atoms with van der Waals surface area (Å²) in [6, 6.07) is 6.43. The van der Waals surface area contributed by atoms with E-state index in [0.717, 1.165) is 29.9 Å². The molecular weight excluding hydrogens is 292 g/mol. The van der Waals surface area contributed by atoms with Crippen LogP contribution in [0.15, 0.2) is 22.7 Å². The summed E-state index contributed by atoms with van der Waals surface area (Å²) in [4.78, 5) is 2.41. The molecule has 4 heteroatoms. The third-order valence-electron chi connectivity index (χ3n) is 3.74. The average molecular weight is 313 g/mol. The molecule has 1 aliphatic rings. The molecule has 0 saturated carbocycles. The van der Waals surface area contributed by atoms with Crippen LogP contribution in [0.2, 0.25) is 0 Å². The van der Waals surface area contributed by atoms with Crippen LogP contribution in [-0.2, 0) is 6.54 Å². The molecule has 3 nitrogen and oxygen atoms in total. The first kappa shape index (κ1) is 13.8. The number of benzene rings is 1. The van der Waals surface area contributed by atoms with E-state index in [0.29, 0.717) is 5.92 Å². The van der Waals surface area contributed by atoms with Crippen molar-refractivity contribution in [3.8, 4) is 5.75 Å². The van der Waals surface area contributed by atoms with Crippen molar-refractivity contribution in [1.29, 1.82) is 0 Å². The lowest BCUT2D eigenvalue weighted by Crippen LogP contribution is -2.47. The van der Waals surface area contributed by atoms with E-state index >= 15 is 0 Å². The topological polar surface area (TPSA) is 38.5 Å². The van der Waals surface area contributed by atoms with Gasteiger partial charge in [-0.3, -0.25) is 4.90 Å². The van der Waals surface area contributed by atoms with Crippen LogP contribution in [0.4, 0.5) is 0 Å². The Morgan fingerprint density at radius 1 is 1.50 bits per heavy atom. The minimum Gasteiger partial charge on any atom is -0.496 e. The number of nitrogens with two attached hydrogens (primary N) is 1. The molecule has 1 saturated heterocycles. The molecule has 1 heterocycles. The Morgan fingerprint density at radius 2 is 2.28 bits per heavy atom. The minimum absolute atomic E-state index is 0.289. The number of likely N-dealkylation sites (tertiary alicyclic amines) is 1. The van der Waals surface area contributed by atoms with Gasteiger partial charge < -0.3 is 10.5 Å². The van der Waals surface area contributed by atoms with Crippen molar-refractivity contribution in [2.75, 3.05) is 20.2 Å². The van der Waals surface area contributed by atoms with Gasteiger partial charge >= 0.3 is 0 Å². The van der Waals surface area contributed by atoms with Gasteiger partial charge in [-0.2, -0.15) is 0 Å². The summed E-state index contributed by atoms with van der Waals surface area (Å²) in [5.74, 6) is 1.58. The van der Waals surface area contributed by atoms with Crippen LogP contribution in [0.1, 0.15) is 18.9 Å². The maximum absolute atomic E-state index is 6.14. The molecule has 0 radical (unpaired) electrons. The van der Waals surface area contributed by atoms with Gasteiger partial charge in [-0.05, 0) is 37.1 Å². The molecule has 1 fully saturated rings. The highest BCUT2D eigenvalue weighted by Gasteiger charge is 2.23. The maximum atomic E-state index is 6.14. The number of methoxy groups -OCH3 is 1. The zero-order valence-electron chi connectivity index (χ0n) is 11.0. The van der Waals surface area contributed by atoms with Crippen molar-refractivity contribution in [2.24, 2.45) is 11.7 Å². The van der Waals surface area contributed by atoms with Gasteiger partial charge in [0, 0.05) is 29.2 Å². The Morgan fingerprint density at radius 3 is 2.94 bits per heavy atom. The quantitative estimate of drug-likeness (QED) is 0.932. The van der Waals surface area contributed by atoms with Crippen LogP contribution in [0.3, 0.4) is 0 Å². The Hall–Kier alpha value is -0.580. The molecule has 0 aliphatic carbocycles. The standard InChI is InChI=1S/C14H21BrN2O/c1-10-5-6-17(9-13(10)16)8-11-7-12(15)3-4-14(11)18-2/h3-4,7,10,13H,5-6,8-9,16H2,1-2H3. The van der Waals surface area contributed by atoms with Crippen molar-refractivity contribution < 1.29 is 4.74 Å². The van der Waals surface area contributed by atoms with Crippen molar-refractivity contribution in [3.63, 3.8) is 0 Å². The molecule has 1 aliphatic heterocycles. The summed E-state index contributed by atoms with van der Waals surface area (Å²) in [7, 11) is 1.72. The Kier molecular flexibility index (Phi) is 4.65. The van der Waals surface area contributed by atoms with E-state index in [9.17, 15) is 0 Å². The second-order valence-corrected chi connectivity index (χ2v) is 6.04. The zero-order chi connectivity index (χ0) is 13.1. The van der Waals surface area contributed by atoms with Crippen LogP contribution in [0, 0.1) is 5.92 Å². The lowest BCUT2D eigenvalue weighted by atomic mass is 9.94. The normalized spacial score (nSPS) is 25.1. The van der Waals surface area contributed by atoms with Gasteiger partial charge in [0.1, 0.15) is 5.75 Å². The average Bonchev–Trinajstić information content (AvgIpc) is 2.34. The van der Waals surface area contributed by atoms with Crippen LogP contribution < -0.4 is 10.5 Å². The Labute approximate surface area is 117 Å². The predicted octanol–water partition coefficient (Wildman–Crippen LogP) is 2.63. The molecule has 2 N–H and O–H groups in total. The second kappa shape index (κ2) is 6.04. The van der Waals surface area contributed by atoms with Crippen molar-refractivity contribution in [2.45, 2.75) is 25.9 Å². The monoisotopic (exact) mass is 312 g/mol. The lowest BCUT2D eigenvalue weighted by Gasteiger charge is -2.35. The second-order valence-electron chi connectivity index (χ2n) is 5.12. The van der Waals surface area contributed by atoms with Gasteiger partial charge in [0.25, 0.3) is 0 Å². The maximum Gasteiger partial charge on any atom is 0.123 e. The highest BCUT2D eigenvalue weighted by atomic mass is 79.9. The summed E-state index contributed by atoms with van der Waals surface area (Å²) in [6.07, 6.45) is 1.18. The number of hydrogen-bond acceptors (Lipinski definition) is 3. The van der Waals surface area contributed by atoms with Crippen molar-refractivity contribution in [1.82, 2.24) is 4.90 Å². The SMILES string of the molecule is COc1ccc(Br)cc1CN1CCC(C)C(N)C1. The van der Waals surface area contributed by atoms with Gasteiger partial charge in [-0.1, -0.05) is 22.9 Å². The van der Waals surface area contributed by atoms with Crippen LogP contribution in [0.25, 0.3) is 0 Å². The lowest BCUT2D eigenvalue weighted by molar-refractivity contribution is 0.161. The van der Waals surface area contributed by atoms with E-state index in [-0.39, 0.29) is 6.04 Å². The van der Waals surface area contributed by atoms with Crippen molar-refractivity contribution in [3.05, 3.63) is 28.2 Å². The molecule has 1 aromatic carbocycles. The van der Waals surface area contributed by atoms with E-state index in [4.69, 9.17) is 10.5 Å². The fourth-order valence-corrected chi connectivity index (χ4v) is 2.83. The van der Waals surface area contributed by atoms with E-state index in [1.54, 1.807) is 7.11 Å². The van der Waals surface area contributed by atoms with Gasteiger partial charge in [0.2, 0.25) is 0 Å². The zero-order valence-corrected chi connectivity index (χ0v) is 12.6. The largest absolute Gasteiger partial charge is 0.496 e. The third kappa shape index (κ3) is 3.25. The smallest absolute Gasteiger partial charge is 0.123 e. The first-order chi connectivity index (χ1) is 8.60. The first-order valence-corrected chi connectivity index (χ1v) is 7.20. The van der Waals surface area contributed by atoms with Gasteiger partial charge in [-0.15, -0.1) is 0 Å². The summed E-state index contributed by atoms with van der Waals surface area (Å²) in [5.41, 5.74) is 7.36. The molecule has 100 valence electrons. The van der Waals surface area contributed by atoms with E-state index in [2.05, 4.69) is 33.8 Å². The fourth-order valence-electron chi connectivity index (χ4n) is 2.42. The highest BCUT2D eigenvalue weighted by molar-refractivity contribution is 9.10. The Balaban J connectivity index is 2.07. The highest BCUT2D eigenvalue weighted by Crippen LogP contribution is 2.26. The van der Waals surface area contributed by atoms with E-state index in [1.165, 1.54) is 12.0 Å². The molecule has 0 bridgehead atoms. The van der Waals surface area contributed by atoms with Gasteiger partial charge in [0.15, 0.2) is 0 Å². The molecule has 2 unspecified atom stereocenters. The minimum atomic E-state index is 0.289. The number of nitrogens with zero attached hydrogens (tertiary/aromatic N) is 1. The molecule has 2 rings (SSSR count). The molecule has 0 spiro atoms. The van der Waals surface area contributed by atoms with Gasteiger partial charge in [0.05, 0.1) is 7.11 Å². The van der Waals surface area contributed by atoms with Gasteiger partial charge in [-0.25, -0.2) is 0 Å². The van der Waals surface area contributed by atoms with E-state index < -0.39 is 0 Å². The molecule has 0 aromatic heterocycles. The van der Waals surface area contributed by atoms with E-state index in [1.807, 2.05) is 12.1 Å². The molecule has 2 atom stereocenters. The summed E-state index contributed by atoms with van der Waals surface area (Å²) in [6.45, 7) is 5.23. The molecular formula is C14H21BrN2O. The van der Waals surface area contributed by atoms with Crippen LogP contribution in [0.5, 0.6) is 5.75 Å². The summed E-state index contributed by atoms with van der Waals surface area (Å²) < 4.78 is 6.50. The Bertz CT molecular complexity index is 411. The summed E-state index contributed by atoms with van der Waals surface area (Å²) in [5, 5.41) is 0. The van der Waals surface area contributed by atoms with Crippen LogP contribution >= 0.6 is 15.9 Å². The fraction of sp³-hybridized carbons (Fsp3) is 0.571.